The molecular weight excluding hydrogens is 184 g/mol. The molecule has 82 valence electrons. The molecule has 1 aliphatic rings. The molecule has 1 saturated carbocycles. The minimum absolute atomic E-state index is 0.0628. The van der Waals surface area contributed by atoms with Gasteiger partial charge in [-0.15, -0.1) is 0 Å². The number of carbonyl (C=O) groups is 2. The van der Waals surface area contributed by atoms with Crippen LogP contribution in [0.4, 0.5) is 0 Å². The fourth-order valence-corrected chi connectivity index (χ4v) is 1.49. The van der Waals surface area contributed by atoms with Crippen molar-refractivity contribution in [2.45, 2.75) is 51.6 Å². The first-order chi connectivity index (χ1) is 6.38. The minimum atomic E-state index is -1.08. The van der Waals surface area contributed by atoms with Crippen molar-refractivity contribution < 1.29 is 19.8 Å². The second-order valence-electron chi connectivity index (χ2n) is 3.64. The highest BCUT2D eigenvalue weighted by molar-refractivity contribution is 5.84. The first-order valence-corrected chi connectivity index (χ1v) is 4.79. The summed E-state index contributed by atoms with van der Waals surface area (Å²) in [6.07, 6.45) is 4.49. The van der Waals surface area contributed by atoms with E-state index < -0.39 is 11.6 Å². The van der Waals surface area contributed by atoms with Gasteiger partial charge in [0.1, 0.15) is 5.60 Å². The van der Waals surface area contributed by atoms with Crippen molar-refractivity contribution in [3.05, 3.63) is 0 Å². The summed E-state index contributed by atoms with van der Waals surface area (Å²) in [5.74, 6) is -1.15. The molecule has 0 atom stereocenters. The summed E-state index contributed by atoms with van der Waals surface area (Å²) in [5, 5.41) is 18.5. The molecule has 0 heterocycles. The van der Waals surface area contributed by atoms with Crippen molar-refractivity contribution >= 4 is 11.8 Å². The molecular formula is C10H17O4-. The van der Waals surface area contributed by atoms with Gasteiger partial charge in [-0.05, 0) is 26.7 Å². The molecule has 1 N–H and O–H groups in total. The van der Waals surface area contributed by atoms with Crippen LogP contribution in [0.1, 0.15) is 46.0 Å². The molecule has 4 nitrogen and oxygen atoms in total. The van der Waals surface area contributed by atoms with Gasteiger partial charge in [0.25, 0.3) is 0 Å². The highest BCUT2D eigenvalue weighted by Gasteiger charge is 2.33. The fourth-order valence-electron chi connectivity index (χ4n) is 1.49. The van der Waals surface area contributed by atoms with E-state index in [1.54, 1.807) is 0 Å². The SMILES string of the molecule is CC(=O)C1(O)CCCCC1.CC(=O)[O-]. The van der Waals surface area contributed by atoms with Crippen LogP contribution in [0.15, 0.2) is 0 Å². The number of aliphatic hydroxyl groups is 1. The Bertz CT molecular complexity index is 200. The predicted molar refractivity (Wildman–Crippen MR) is 49.4 cm³/mol. The van der Waals surface area contributed by atoms with Crippen LogP contribution in [0, 0.1) is 0 Å². The summed E-state index contributed by atoms with van der Waals surface area (Å²) in [4.78, 5) is 19.8. The lowest BCUT2D eigenvalue weighted by molar-refractivity contribution is -0.302. The average molecular weight is 201 g/mol. The molecule has 0 aromatic heterocycles. The summed E-state index contributed by atoms with van der Waals surface area (Å²) in [6.45, 7) is 2.45. The molecule has 0 unspecified atom stereocenters. The number of carboxylic acids is 1. The Hall–Kier alpha value is -0.900. The van der Waals surface area contributed by atoms with Crippen molar-refractivity contribution in [3.63, 3.8) is 0 Å². The van der Waals surface area contributed by atoms with E-state index in [4.69, 9.17) is 9.90 Å². The Morgan fingerprint density at radius 3 is 1.71 bits per heavy atom. The summed E-state index contributed by atoms with van der Waals surface area (Å²) in [7, 11) is 0. The van der Waals surface area contributed by atoms with Crippen molar-refractivity contribution in [2.75, 3.05) is 0 Å². The molecule has 4 heteroatoms. The van der Waals surface area contributed by atoms with Crippen molar-refractivity contribution in [1.29, 1.82) is 0 Å². The molecule has 0 radical (unpaired) electrons. The Labute approximate surface area is 83.9 Å². The summed E-state index contributed by atoms with van der Waals surface area (Å²) in [5.41, 5.74) is -0.960. The van der Waals surface area contributed by atoms with Gasteiger partial charge in [-0.3, -0.25) is 4.79 Å². The molecule has 0 amide bonds. The minimum Gasteiger partial charge on any atom is -0.550 e. The van der Waals surface area contributed by atoms with Gasteiger partial charge in [0, 0.05) is 5.97 Å². The van der Waals surface area contributed by atoms with E-state index in [1.807, 2.05) is 0 Å². The normalized spacial score (nSPS) is 19.1. The number of hydrogen-bond donors (Lipinski definition) is 1. The van der Waals surface area contributed by atoms with Crippen LogP contribution in [-0.4, -0.2) is 22.5 Å². The van der Waals surface area contributed by atoms with Crippen LogP contribution in [0.3, 0.4) is 0 Å². The van der Waals surface area contributed by atoms with E-state index in [0.717, 1.165) is 26.2 Å². The standard InChI is InChI=1S/C8H14O2.C2H4O2/c1-7(9)8(10)5-3-2-4-6-8;1-2(3)4/h10H,2-6H2,1H3;1H3,(H,3,4)/p-1. The predicted octanol–water partition coefficient (Wildman–Crippen LogP) is 0.0268. The van der Waals surface area contributed by atoms with Gasteiger partial charge in [-0.25, -0.2) is 0 Å². The zero-order valence-electron chi connectivity index (χ0n) is 8.71. The van der Waals surface area contributed by atoms with Gasteiger partial charge in [0.05, 0.1) is 0 Å². The highest BCUT2D eigenvalue weighted by atomic mass is 16.4. The number of hydrogen-bond acceptors (Lipinski definition) is 4. The van der Waals surface area contributed by atoms with Crippen molar-refractivity contribution in [1.82, 2.24) is 0 Å². The van der Waals surface area contributed by atoms with Crippen LogP contribution in [0.25, 0.3) is 0 Å². The Morgan fingerprint density at radius 2 is 1.50 bits per heavy atom. The topological polar surface area (TPSA) is 77.4 Å². The monoisotopic (exact) mass is 201 g/mol. The summed E-state index contributed by atoms with van der Waals surface area (Å²) < 4.78 is 0. The van der Waals surface area contributed by atoms with Gasteiger partial charge in [0.15, 0.2) is 5.78 Å². The molecule has 0 saturated heterocycles. The maximum absolute atomic E-state index is 10.9. The lowest BCUT2D eigenvalue weighted by Crippen LogP contribution is -2.38. The maximum atomic E-state index is 10.9. The zero-order valence-corrected chi connectivity index (χ0v) is 8.71. The van der Waals surface area contributed by atoms with Crippen molar-refractivity contribution in [2.24, 2.45) is 0 Å². The molecule has 0 spiro atoms. The van der Waals surface area contributed by atoms with E-state index in [9.17, 15) is 9.90 Å². The number of aliphatic carboxylic acids is 1. The van der Waals surface area contributed by atoms with Crippen LogP contribution < -0.4 is 5.11 Å². The third-order valence-corrected chi connectivity index (χ3v) is 2.34. The molecule has 0 aliphatic heterocycles. The average Bonchev–Trinajstić information content (AvgIpc) is 2.04. The molecule has 0 aromatic rings. The van der Waals surface area contributed by atoms with Crippen molar-refractivity contribution in [3.8, 4) is 0 Å². The van der Waals surface area contributed by atoms with E-state index in [-0.39, 0.29) is 5.78 Å². The summed E-state index contributed by atoms with van der Waals surface area (Å²) >= 11 is 0. The molecule has 0 aromatic carbocycles. The van der Waals surface area contributed by atoms with Crippen LogP contribution >= 0.6 is 0 Å². The Morgan fingerprint density at radius 1 is 1.14 bits per heavy atom. The van der Waals surface area contributed by atoms with Gasteiger partial charge in [-0.2, -0.15) is 0 Å². The fraction of sp³-hybridized carbons (Fsp3) is 0.800. The number of carboxylic acid groups (broad SMARTS) is 1. The largest absolute Gasteiger partial charge is 0.550 e. The van der Waals surface area contributed by atoms with Gasteiger partial charge in [0.2, 0.25) is 0 Å². The zero-order chi connectivity index (χ0) is 11.2. The quantitative estimate of drug-likeness (QED) is 0.649. The smallest absolute Gasteiger partial charge is 0.161 e. The van der Waals surface area contributed by atoms with E-state index >= 15 is 0 Å². The lowest BCUT2D eigenvalue weighted by atomic mass is 9.82. The lowest BCUT2D eigenvalue weighted by Gasteiger charge is -2.28. The molecule has 0 bridgehead atoms. The Balaban J connectivity index is 0.000000364. The number of ketones is 1. The van der Waals surface area contributed by atoms with Gasteiger partial charge < -0.3 is 15.0 Å². The van der Waals surface area contributed by atoms with Gasteiger partial charge in [-0.1, -0.05) is 19.3 Å². The molecule has 1 fully saturated rings. The third kappa shape index (κ3) is 4.97. The van der Waals surface area contributed by atoms with Crippen LogP contribution in [-0.2, 0) is 9.59 Å². The second-order valence-corrected chi connectivity index (χ2v) is 3.64. The third-order valence-electron chi connectivity index (χ3n) is 2.34. The highest BCUT2D eigenvalue weighted by Crippen LogP contribution is 2.28. The molecule has 1 aliphatic carbocycles. The molecule has 1 rings (SSSR count). The summed E-state index contributed by atoms with van der Waals surface area (Å²) in [6, 6.07) is 0. The van der Waals surface area contributed by atoms with Gasteiger partial charge >= 0.3 is 0 Å². The molecule has 14 heavy (non-hydrogen) atoms. The van der Waals surface area contributed by atoms with E-state index in [1.165, 1.54) is 6.92 Å². The second kappa shape index (κ2) is 5.75. The number of carbonyl (C=O) groups excluding carboxylic acids is 2. The number of rotatable bonds is 1. The first-order valence-electron chi connectivity index (χ1n) is 4.79. The van der Waals surface area contributed by atoms with E-state index in [2.05, 4.69) is 0 Å². The van der Waals surface area contributed by atoms with E-state index in [0.29, 0.717) is 12.8 Å². The Kier molecular flexibility index (Phi) is 5.38. The first kappa shape index (κ1) is 13.1. The van der Waals surface area contributed by atoms with Crippen LogP contribution in [0.5, 0.6) is 0 Å². The van der Waals surface area contributed by atoms with Crippen LogP contribution in [0.2, 0.25) is 0 Å². The maximum Gasteiger partial charge on any atom is 0.161 e. The number of Topliss-reactive ketones (excluding diaryl/α,β-unsaturated/α-hetero) is 1.